The largest absolute Gasteiger partial charge is 0.363 e. The van der Waals surface area contributed by atoms with Gasteiger partial charge in [0.2, 0.25) is 0 Å². The van der Waals surface area contributed by atoms with Crippen LogP contribution in [0.4, 0.5) is 0 Å². The number of allylic oxidation sites excluding steroid dienone is 2. The molecule has 0 bridgehead atoms. The van der Waals surface area contributed by atoms with Gasteiger partial charge in [0.15, 0.2) is 0 Å². The van der Waals surface area contributed by atoms with E-state index in [1.807, 2.05) is 12.4 Å². The van der Waals surface area contributed by atoms with Gasteiger partial charge >= 0.3 is 0 Å². The van der Waals surface area contributed by atoms with Gasteiger partial charge in [-0.25, -0.2) is 0 Å². The number of aromatic nitrogens is 1. The molecule has 7 aromatic rings. The maximum absolute atomic E-state index is 4.28. The Hall–Kier alpha value is -5.73. The van der Waals surface area contributed by atoms with Gasteiger partial charge in [0.1, 0.15) is 0 Å². The smallest absolute Gasteiger partial charge is 0.0738 e. The van der Waals surface area contributed by atoms with Crippen LogP contribution >= 0.6 is 0 Å². The van der Waals surface area contributed by atoms with Crippen molar-refractivity contribution in [3.05, 3.63) is 187 Å². The summed E-state index contributed by atoms with van der Waals surface area (Å²) in [6.07, 6.45) is 8.56. The van der Waals surface area contributed by atoms with Crippen molar-refractivity contribution in [1.29, 1.82) is 0 Å². The van der Waals surface area contributed by atoms with E-state index in [0.717, 1.165) is 5.56 Å². The van der Waals surface area contributed by atoms with E-state index in [1.165, 1.54) is 66.2 Å². The van der Waals surface area contributed by atoms with Gasteiger partial charge in [0.25, 0.3) is 0 Å². The van der Waals surface area contributed by atoms with Crippen LogP contribution in [-0.4, -0.2) is 16.9 Å². The van der Waals surface area contributed by atoms with Crippen LogP contribution in [0.25, 0.3) is 55.1 Å². The normalized spacial score (nSPS) is 14.8. The molecule has 0 aliphatic carbocycles. The van der Waals surface area contributed by atoms with Crippen LogP contribution in [0, 0.1) is 0 Å². The third-order valence-corrected chi connectivity index (χ3v) is 9.02. The lowest BCUT2D eigenvalue weighted by Crippen LogP contribution is -2.25. The van der Waals surface area contributed by atoms with Gasteiger partial charge in [-0.2, -0.15) is 0 Å². The summed E-state index contributed by atoms with van der Waals surface area (Å²) < 4.78 is 0. The van der Waals surface area contributed by atoms with Gasteiger partial charge in [-0.15, -0.1) is 0 Å². The molecule has 214 valence electrons. The Morgan fingerprint density at radius 1 is 0.511 bits per heavy atom. The third kappa shape index (κ3) is 5.01. The summed E-state index contributed by atoms with van der Waals surface area (Å²) >= 11 is 0. The second-order valence-electron chi connectivity index (χ2n) is 11.7. The fraction of sp³-hybridized carbons (Fsp3) is 0.0465. The highest BCUT2D eigenvalue weighted by Gasteiger charge is 2.26. The van der Waals surface area contributed by atoms with Crippen LogP contribution in [0.3, 0.4) is 0 Å². The van der Waals surface area contributed by atoms with Crippen molar-refractivity contribution in [3.63, 3.8) is 0 Å². The Morgan fingerprint density at radius 2 is 1.09 bits per heavy atom. The van der Waals surface area contributed by atoms with Gasteiger partial charge < -0.3 is 4.90 Å². The van der Waals surface area contributed by atoms with Gasteiger partial charge in [0.05, 0.1) is 6.04 Å². The molecule has 0 fully saturated rings. The molecule has 0 radical (unpaired) electrons. The van der Waals surface area contributed by atoms with Crippen molar-refractivity contribution in [2.24, 2.45) is 0 Å². The van der Waals surface area contributed by atoms with Crippen molar-refractivity contribution >= 4 is 32.8 Å². The number of nitrogens with zero attached hydrogens (tertiary/aromatic N) is 2. The SMILES string of the molecule is CN1C(c2cccc3ccccc23)=CC(c2cc(-c3ccccc3)cc(-c3ccncc3)c2)=CC1c1cccc2ccccc12. The Bertz CT molecular complexity index is 2160. The molecule has 1 aromatic heterocycles. The number of fused-ring (bicyclic) bond motifs is 2. The highest BCUT2D eigenvalue weighted by atomic mass is 15.1. The Morgan fingerprint density at radius 3 is 1.84 bits per heavy atom. The van der Waals surface area contributed by atoms with Gasteiger partial charge in [0, 0.05) is 30.7 Å². The fourth-order valence-corrected chi connectivity index (χ4v) is 6.73. The number of rotatable bonds is 5. The average Bonchev–Trinajstić information content (AvgIpc) is 3.12. The number of benzene rings is 6. The van der Waals surface area contributed by atoms with E-state index in [2.05, 4.69) is 175 Å². The average molecular weight is 577 g/mol. The van der Waals surface area contributed by atoms with Crippen LogP contribution in [0.1, 0.15) is 22.7 Å². The van der Waals surface area contributed by atoms with Crippen LogP contribution in [0.2, 0.25) is 0 Å². The molecule has 0 amide bonds. The molecule has 0 saturated heterocycles. The van der Waals surface area contributed by atoms with E-state index in [1.54, 1.807) is 0 Å². The fourth-order valence-electron chi connectivity index (χ4n) is 6.73. The first kappa shape index (κ1) is 26.9. The van der Waals surface area contributed by atoms with Crippen molar-refractivity contribution in [2.75, 3.05) is 7.05 Å². The second-order valence-corrected chi connectivity index (χ2v) is 11.7. The zero-order chi connectivity index (χ0) is 30.2. The minimum Gasteiger partial charge on any atom is -0.363 e. The molecule has 2 nitrogen and oxygen atoms in total. The number of hydrogen-bond acceptors (Lipinski definition) is 2. The molecule has 1 aliphatic heterocycles. The topological polar surface area (TPSA) is 16.1 Å². The molecule has 45 heavy (non-hydrogen) atoms. The van der Waals surface area contributed by atoms with Crippen molar-refractivity contribution in [2.45, 2.75) is 6.04 Å². The molecule has 8 rings (SSSR count). The summed E-state index contributed by atoms with van der Waals surface area (Å²) in [6, 6.07) is 52.6. The lowest BCUT2D eigenvalue weighted by Gasteiger charge is -2.36. The highest BCUT2D eigenvalue weighted by Crippen LogP contribution is 2.43. The summed E-state index contributed by atoms with van der Waals surface area (Å²) in [5, 5.41) is 5.03. The maximum Gasteiger partial charge on any atom is 0.0738 e. The van der Waals surface area contributed by atoms with Crippen molar-refractivity contribution < 1.29 is 0 Å². The van der Waals surface area contributed by atoms with Crippen molar-refractivity contribution in [3.8, 4) is 22.3 Å². The van der Waals surface area contributed by atoms with Crippen LogP contribution in [0.5, 0.6) is 0 Å². The third-order valence-electron chi connectivity index (χ3n) is 9.02. The van der Waals surface area contributed by atoms with Crippen LogP contribution < -0.4 is 0 Å². The zero-order valence-electron chi connectivity index (χ0n) is 25.1. The Balaban J connectivity index is 1.38. The summed E-state index contributed by atoms with van der Waals surface area (Å²) in [6.45, 7) is 0. The van der Waals surface area contributed by atoms with E-state index in [9.17, 15) is 0 Å². The van der Waals surface area contributed by atoms with E-state index < -0.39 is 0 Å². The van der Waals surface area contributed by atoms with Crippen molar-refractivity contribution in [1.82, 2.24) is 9.88 Å². The zero-order valence-corrected chi connectivity index (χ0v) is 25.1. The first-order valence-corrected chi connectivity index (χ1v) is 15.5. The molecule has 0 spiro atoms. The first-order chi connectivity index (χ1) is 22.2. The molecule has 1 unspecified atom stereocenters. The molecule has 1 aliphatic rings. The monoisotopic (exact) mass is 576 g/mol. The Kier molecular flexibility index (Phi) is 6.81. The Labute approximate surface area is 264 Å². The lowest BCUT2D eigenvalue weighted by molar-refractivity contribution is 0.416. The van der Waals surface area contributed by atoms with E-state index in [-0.39, 0.29) is 6.04 Å². The second kappa shape index (κ2) is 11.4. The van der Waals surface area contributed by atoms with E-state index in [4.69, 9.17) is 0 Å². The predicted octanol–water partition coefficient (Wildman–Crippen LogP) is 10.8. The quantitative estimate of drug-likeness (QED) is 0.203. The summed E-state index contributed by atoms with van der Waals surface area (Å²) in [5.74, 6) is 0. The van der Waals surface area contributed by atoms with Gasteiger partial charge in [-0.1, -0.05) is 115 Å². The summed E-state index contributed by atoms with van der Waals surface area (Å²) in [7, 11) is 2.23. The van der Waals surface area contributed by atoms with E-state index in [0.29, 0.717) is 0 Å². The summed E-state index contributed by atoms with van der Waals surface area (Å²) in [5.41, 5.74) is 10.9. The molecule has 0 N–H and O–H groups in total. The molecule has 2 heteroatoms. The highest BCUT2D eigenvalue weighted by molar-refractivity contribution is 5.98. The molecular formula is C43H32N2. The molecule has 6 aromatic carbocycles. The first-order valence-electron chi connectivity index (χ1n) is 15.5. The lowest BCUT2D eigenvalue weighted by atomic mass is 9.87. The predicted molar refractivity (Wildman–Crippen MR) is 189 cm³/mol. The molecular weight excluding hydrogens is 544 g/mol. The van der Waals surface area contributed by atoms with Crippen LogP contribution in [0.15, 0.2) is 170 Å². The number of pyridine rings is 1. The molecule has 0 saturated carbocycles. The maximum atomic E-state index is 4.28. The number of likely N-dealkylation sites (N-methyl/N-ethyl adjacent to an activating group) is 1. The van der Waals surface area contributed by atoms with Gasteiger partial charge in [-0.3, -0.25) is 4.98 Å². The molecule has 2 heterocycles. The van der Waals surface area contributed by atoms with Gasteiger partial charge in [-0.05, 0) is 103 Å². The minimum absolute atomic E-state index is 0.0369. The standard InChI is InChI=1S/C43H32N2/c1-45-42(40-19-9-15-32-13-5-7-17-38(32)40)28-37(29-43(45)41-20-10-16-33-14-6-8-18-39(33)41)36-26-34(30-11-3-2-4-12-30)25-35(27-36)31-21-23-44-24-22-31/h2-29,42H,1H3. The number of hydrogen-bond donors (Lipinski definition) is 0. The summed E-state index contributed by atoms with van der Waals surface area (Å²) in [4.78, 5) is 6.72. The van der Waals surface area contributed by atoms with Crippen LogP contribution in [-0.2, 0) is 0 Å². The minimum atomic E-state index is 0.0369. The molecule has 1 atom stereocenters. The van der Waals surface area contributed by atoms with E-state index >= 15 is 0 Å².